The van der Waals surface area contributed by atoms with Gasteiger partial charge in [-0.05, 0) is 74.4 Å². The summed E-state index contributed by atoms with van der Waals surface area (Å²) < 4.78 is 11.0. The summed E-state index contributed by atoms with van der Waals surface area (Å²) in [6, 6.07) is 25.4. The van der Waals surface area contributed by atoms with Gasteiger partial charge in [0.15, 0.2) is 6.61 Å². The first-order valence-electron chi connectivity index (χ1n) is 15.4. The Hall–Kier alpha value is -5.08. The van der Waals surface area contributed by atoms with Crippen LogP contribution in [0.5, 0.6) is 0 Å². The van der Waals surface area contributed by atoms with E-state index in [4.69, 9.17) is 14.5 Å². The van der Waals surface area contributed by atoms with Gasteiger partial charge >= 0.3 is 11.9 Å². The van der Waals surface area contributed by atoms with Gasteiger partial charge in [0, 0.05) is 15.8 Å². The van der Waals surface area contributed by atoms with Crippen molar-refractivity contribution in [2.45, 2.75) is 40.0 Å². The minimum atomic E-state index is -0.584. The van der Waals surface area contributed by atoms with E-state index < -0.39 is 24.5 Å². The lowest BCUT2D eigenvalue weighted by molar-refractivity contribution is -0.119. The smallest absolute Gasteiger partial charge is 0.341 e. The Morgan fingerprint density at radius 3 is 2.35 bits per heavy atom. The standard InChI is InChI=1S/C38H34N2O5S/c1-4-44-38(43)34-32(26-19-17-23(2)18-20-26)24(3)46-36(34)40-31(41)22-45-37(42)33-28-14-8-9-16-30(28)39-35-27(13-10-15-29(33)35)21-25-11-6-5-7-12-25/h5-9,11-12,14,16-21H,4,10,13,15,22H2,1-3H3,(H,40,41). The number of pyridine rings is 1. The largest absolute Gasteiger partial charge is 0.462 e. The van der Waals surface area contributed by atoms with Gasteiger partial charge in [-0.3, -0.25) is 4.79 Å². The molecule has 46 heavy (non-hydrogen) atoms. The molecule has 2 aromatic heterocycles. The average molecular weight is 631 g/mol. The van der Waals surface area contributed by atoms with Crippen LogP contribution in [0, 0.1) is 13.8 Å². The molecule has 0 aliphatic heterocycles. The van der Waals surface area contributed by atoms with Crippen LogP contribution in [0.1, 0.15) is 67.7 Å². The van der Waals surface area contributed by atoms with E-state index in [0.29, 0.717) is 39.0 Å². The van der Waals surface area contributed by atoms with Crippen molar-refractivity contribution in [3.8, 4) is 11.1 Å². The molecule has 0 saturated heterocycles. The average Bonchev–Trinajstić information content (AvgIpc) is 3.38. The number of aromatic nitrogens is 1. The number of thiophene rings is 1. The molecule has 1 aliphatic carbocycles. The molecule has 0 spiro atoms. The second-order valence-corrected chi connectivity index (χ2v) is 12.4. The van der Waals surface area contributed by atoms with E-state index >= 15 is 0 Å². The predicted molar refractivity (Wildman–Crippen MR) is 183 cm³/mol. The van der Waals surface area contributed by atoms with Crippen molar-refractivity contribution in [2.24, 2.45) is 0 Å². The summed E-state index contributed by atoms with van der Waals surface area (Å²) in [5.41, 5.74) is 7.83. The molecule has 0 atom stereocenters. The fourth-order valence-electron chi connectivity index (χ4n) is 5.92. The van der Waals surface area contributed by atoms with E-state index in [2.05, 4.69) is 11.4 Å². The Labute approximate surface area is 271 Å². The fraction of sp³-hybridized carbons (Fsp3) is 0.211. The number of fused-ring (bicyclic) bond motifs is 2. The summed E-state index contributed by atoms with van der Waals surface area (Å²) in [7, 11) is 0. The van der Waals surface area contributed by atoms with Crippen molar-refractivity contribution in [3.05, 3.63) is 117 Å². The molecule has 1 N–H and O–H groups in total. The normalized spacial score (nSPS) is 13.3. The molecule has 1 aliphatic rings. The van der Waals surface area contributed by atoms with Crippen molar-refractivity contribution in [1.82, 2.24) is 4.98 Å². The third kappa shape index (κ3) is 6.34. The van der Waals surface area contributed by atoms with Gasteiger partial charge in [0.2, 0.25) is 0 Å². The first-order valence-corrected chi connectivity index (χ1v) is 16.2. The number of rotatable bonds is 8. The van der Waals surface area contributed by atoms with E-state index in [0.717, 1.165) is 51.2 Å². The molecular formula is C38H34N2O5S. The van der Waals surface area contributed by atoms with Crippen LogP contribution in [0.3, 0.4) is 0 Å². The van der Waals surface area contributed by atoms with E-state index in [-0.39, 0.29) is 6.61 Å². The van der Waals surface area contributed by atoms with Crippen molar-refractivity contribution < 1.29 is 23.9 Å². The quantitative estimate of drug-likeness (QED) is 0.173. The van der Waals surface area contributed by atoms with Crippen LogP contribution in [0.2, 0.25) is 0 Å². The summed E-state index contributed by atoms with van der Waals surface area (Å²) >= 11 is 1.29. The van der Waals surface area contributed by atoms with Crippen LogP contribution >= 0.6 is 11.3 Å². The Kier molecular flexibility index (Phi) is 9.08. The van der Waals surface area contributed by atoms with Gasteiger partial charge in [0.05, 0.1) is 23.4 Å². The molecule has 1 amide bonds. The molecule has 7 nitrogen and oxygen atoms in total. The van der Waals surface area contributed by atoms with Gasteiger partial charge in [-0.15, -0.1) is 11.3 Å². The zero-order valence-corrected chi connectivity index (χ0v) is 26.8. The Morgan fingerprint density at radius 2 is 1.59 bits per heavy atom. The number of anilines is 1. The van der Waals surface area contributed by atoms with Gasteiger partial charge in [0.1, 0.15) is 10.6 Å². The lowest BCUT2D eigenvalue weighted by Gasteiger charge is -2.22. The number of ether oxygens (including phenoxy) is 2. The highest BCUT2D eigenvalue weighted by atomic mass is 32.1. The van der Waals surface area contributed by atoms with Gasteiger partial charge in [-0.1, -0.05) is 78.4 Å². The van der Waals surface area contributed by atoms with Crippen molar-refractivity contribution in [1.29, 1.82) is 0 Å². The minimum absolute atomic E-state index is 0.193. The number of nitrogens with one attached hydrogen (secondary N) is 1. The number of amides is 1. The summed E-state index contributed by atoms with van der Waals surface area (Å²) in [5, 5.41) is 3.86. The summed E-state index contributed by atoms with van der Waals surface area (Å²) in [5.74, 6) is -1.66. The number of allylic oxidation sites excluding steroid dienone is 1. The number of hydrogen-bond acceptors (Lipinski definition) is 7. The Bertz CT molecular complexity index is 1980. The third-order valence-electron chi connectivity index (χ3n) is 8.01. The number of carbonyl (C=O) groups is 3. The molecular weight excluding hydrogens is 596 g/mol. The summed E-state index contributed by atoms with van der Waals surface area (Å²) in [6.45, 7) is 5.31. The number of nitrogens with zero attached hydrogens (tertiary/aromatic N) is 1. The van der Waals surface area contributed by atoms with Crippen molar-refractivity contribution in [2.75, 3.05) is 18.5 Å². The number of carbonyl (C=O) groups excluding carboxylic acids is 3. The van der Waals surface area contributed by atoms with Crippen LogP contribution in [0.15, 0.2) is 78.9 Å². The zero-order chi connectivity index (χ0) is 32.2. The molecule has 0 unspecified atom stereocenters. The third-order valence-corrected chi connectivity index (χ3v) is 9.03. The molecule has 2 heterocycles. The van der Waals surface area contributed by atoms with E-state index in [9.17, 15) is 14.4 Å². The van der Waals surface area contributed by atoms with Crippen LogP contribution in [0.25, 0.3) is 33.7 Å². The van der Waals surface area contributed by atoms with E-state index in [1.165, 1.54) is 11.3 Å². The SMILES string of the molecule is CCOC(=O)c1c(NC(=O)COC(=O)c2c3c(nc4ccccc24)C(=Cc2ccccc2)CCC3)sc(C)c1-c1ccc(C)cc1. The zero-order valence-electron chi connectivity index (χ0n) is 26.0. The first-order chi connectivity index (χ1) is 22.3. The number of hydrogen-bond donors (Lipinski definition) is 1. The van der Waals surface area contributed by atoms with Crippen LogP contribution in [-0.4, -0.2) is 36.0 Å². The molecule has 0 bridgehead atoms. The van der Waals surface area contributed by atoms with Crippen LogP contribution in [0.4, 0.5) is 5.00 Å². The fourth-order valence-corrected chi connectivity index (χ4v) is 7.00. The van der Waals surface area contributed by atoms with Crippen molar-refractivity contribution in [3.63, 3.8) is 0 Å². The van der Waals surface area contributed by atoms with Crippen molar-refractivity contribution >= 4 is 56.7 Å². The topological polar surface area (TPSA) is 94.6 Å². The molecule has 6 rings (SSSR count). The molecule has 3 aromatic carbocycles. The first kappa shape index (κ1) is 30.9. The van der Waals surface area contributed by atoms with Crippen LogP contribution < -0.4 is 5.32 Å². The second kappa shape index (κ2) is 13.5. The highest BCUT2D eigenvalue weighted by Crippen LogP contribution is 2.41. The maximum absolute atomic E-state index is 13.8. The molecule has 5 aromatic rings. The van der Waals surface area contributed by atoms with Gasteiger partial charge in [-0.25, -0.2) is 14.6 Å². The van der Waals surface area contributed by atoms with Gasteiger partial charge in [0.25, 0.3) is 5.91 Å². The molecule has 0 fully saturated rings. The molecule has 8 heteroatoms. The second-order valence-electron chi connectivity index (χ2n) is 11.2. The van der Waals surface area contributed by atoms with E-state index in [1.54, 1.807) is 6.92 Å². The molecule has 232 valence electrons. The lowest BCUT2D eigenvalue weighted by atomic mass is 9.86. The molecule has 0 saturated carbocycles. The lowest BCUT2D eigenvalue weighted by Crippen LogP contribution is -2.23. The predicted octanol–water partition coefficient (Wildman–Crippen LogP) is 8.43. The number of para-hydroxylation sites is 1. The monoisotopic (exact) mass is 630 g/mol. The Morgan fingerprint density at radius 1 is 0.870 bits per heavy atom. The highest BCUT2D eigenvalue weighted by molar-refractivity contribution is 7.17. The summed E-state index contributed by atoms with van der Waals surface area (Å²) in [6.07, 6.45) is 4.51. The number of aryl methyl sites for hydroxylation is 2. The van der Waals surface area contributed by atoms with E-state index in [1.807, 2.05) is 92.7 Å². The summed E-state index contributed by atoms with van der Waals surface area (Å²) in [4.78, 5) is 45.9. The number of benzene rings is 3. The van der Waals surface area contributed by atoms with Gasteiger partial charge in [-0.2, -0.15) is 0 Å². The Balaban J connectivity index is 1.28. The minimum Gasteiger partial charge on any atom is -0.462 e. The van der Waals surface area contributed by atoms with Crippen LogP contribution in [-0.2, 0) is 20.7 Å². The highest BCUT2D eigenvalue weighted by Gasteiger charge is 2.28. The van der Waals surface area contributed by atoms with Gasteiger partial charge < -0.3 is 14.8 Å². The maximum Gasteiger partial charge on any atom is 0.341 e. The number of esters is 2. The molecule has 0 radical (unpaired) electrons. The maximum atomic E-state index is 13.8.